The minimum absolute atomic E-state index is 0.0635. The predicted molar refractivity (Wildman–Crippen MR) is 301 cm³/mol. The second-order valence-corrected chi connectivity index (χ2v) is 19.1. The topological polar surface area (TPSA) is 291 Å². The van der Waals surface area contributed by atoms with Crippen LogP contribution < -0.4 is 10.2 Å². The van der Waals surface area contributed by atoms with E-state index in [1.165, 1.54) is 4.90 Å². The number of aromatic nitrogens is 4. The maximum Gasteiger partial charge on any atom is 0.335 e. The molecule has 0 aliphatic carbocycles. The molecule has 6 amide bonds. The molecule has 7 rings (SSSR count). The van der Waals surface area contributed by atoms with Crippen molar-refractivity contribution in [2.45, 2.75) is 57.5 Å². The normalized spacial score (nSPS) is 15.0. The highest BCUT2D eigenvalue weighted by Crippen LogP contribution is 2.34. The van der Waals surface area contributed by atoms with E-state index in [0.717, 1.165) is 29.5 Å². The second-order valence-electron chi connectivity index (χ2n) is 19.1. The zero-order chi connectivity index (χ0) is 59.5. The lowest BCUT2D eigenvalue weighted by molar-refractivity contribution is -0.198. The average Bonchev–Trinajstić information content (AvgIpc) is 4.50. The summed E-state index contributed by atoms with van der Waals surface area (Å²) in [4.78, 5) is 85.0. The van der Waals surface area contributed by atoms with E-state index in [9.17, 15) is 28.8 Å². The number of urea groups is 1. The number of hydrogen-bond acceptors (Lipinski definition) is 21. The number of imide groups is 2. The number of hydrogen-bond donors (Lipinski definition) is 2. The zero-order valence-corrected chi connectivity index (χ0v) is 48.3. The molecule has 2 N–H and O–H groups in total. The van der Waals surface area contributed by atoms with Crippen molar-refractivity contribution in [1.82, 2.24) is 35.3 Å². The van der Waals surface area contributed by atoms with E-state index in [-0.39, 0.29) is 37.7 Å². The summed E-state index contributed by atoms with van der Waals surface area (Å²) in [6.45, 7) is 14.3. The van der Waals surface area contributed by atoms with Crippen molar-refractivity contribution in [3.63, 3.8) is 0 Å². The predicted octanol–water partition coefficient (Wildman–Crippen LogP) is 3.38. The van der Waals surface area contributed by atoms with Crippen LogP contribution in [0.2, 0.25) is 0 Å². The molecule has 27 nitrogen and oxygen atoms in total. The van der Waals surface area contributed by atoms with E-state index < -0.39 is 29.4 Å². The molecule has 5 heterocycles. The van der Waals surface area contributed by atoms with Crippen molar-refractivity contribution in [2.75, 3.05) is 177 Å². The zero-order valence-electron chi connectivity index (χ0n) is 48.3. The standard InChI is InChI=1S/C33H39N7O6.C24H43NO13/c1-2-16-44-18-20-46-21-19-45-17-15-39-23-29(36-37-39)25-9-6-10-27-26(25)22-28(34-27)30(41)38-13-11-33(12-14-38)31(42)40(32(43)35-33)24-7-4-3-5-8-24;1-29-6-7-31-10-11-33-14-15-35-18-19-37-21-20-36-17-16-34-13-12-32-9-8-30-5-4-24(28)38-25-22(26)2-3-23(25)27/h3-10,22-23,34H,2,11-21H2,1H3,(H,35,43);2-21H2,1H3. The molecule has 4 aromatic rings. The van der Waals surface area contributed by atoms with Crippen LogP contribution in [0.3, 0.4) is 0 Å². The van der Waals surface area contributed by atoms with Gasteiger partial charge in [-0.25, -0.2) is 19.2 Å². The Balaban J connectivity index is 0.000000276. The van der Waals surface area contributed by atoms with E-state index >= 15 is 0 Å². The van der Waals surface area contributed by atoms with Gasteiger partial charge in [0.15, 0.2) is 0 Å². The van der Waals surface area contributed by atoms with Crippen LogP contribution in [0.15, 0.2) is 60.8 Å². The van der Waals surface area contributed by atoms with Crippen LogP contribution in [0, 0.1) is 0 Å². The monoisotopic (exact) mass is 1180 g/mol. The fourth-order valence-electron chi connectivity index (χ4n) is 8.65. The van der Waals surface area contributed by atoms with Crippen LogP contribution in [-0.4, -0.2) is 243 Å². The molecular weight excluding hydrogens is 1100 g/mol. The number of fused-ring (bicyclic) bond motifs is 1. The molecule has 2 aromatic heterocycles. The van der Waals surface area contributed by atoms with Crippen molar-refractivity contribution in [3.05, 3.63) is 66.5 Å². The molecule has 1 spiro atoms. The number of amides is 6. The third-order valence-corrected chi connectivity index (χ3v) is 13.0. The van der Waals surface area contributed by atoms with Crippen molar-refractivity contribution in [3.8, 4) is 11.3 Å². The molecule has 3 aliphatic heterocycles. The number of methoxy groups -OCH3 is 1. The number of ether oxygens (including phenoxy) is 12. The number of piperidine rings is 1. The number of benzene rings is 2. The summed E-state index contributed by atoms with van der Waals surface area (Å²) >= 11 is 0. The van der Waals surface area contributed by atoms with Gasteiger partial charge in [0.2, 0.25) is 0 Å². The van der Waals surface area contributed by atoms with Gasteiger partial charge in [-0.2, -0.15) is 0 Å². The van der Waals surface area contributed by atoms with Gasteiger partial charge in [-0.15, -0.1) is 10.2 Å². The largest absolute Gasteiger partial charge is 0.382 e. The first-order valence-corrected chi connectivity index (χ1v) is 28.6. The van der Waals surface area contributed by atoms with Gasteiger partial charge < -0.3 is 76.9 Å². The van der Waals surface area contributed by atoms with Crippen molar-refractivity contribution >= 4 is 52.2 Å². The number of aromatic amines is 1. The van der Waals surface area contributed by atoms with Crippen LogP contribution in [0.4, 0.5) is 10.5 Å². The highest BCUT2D eigenvalue weighted by molar-refractivity contribution is 6.23. The summed E-state index contributed by atoms with van der Waals surface area (Å²) in [7, 11) is 1.63. The lowest BCUT2D eigenvalue weighted by Gasteiger charge is -2.37. The summed E-state index contributed by atoms with van der Waals surface area (Å²) in [5.41, 5.74) is 2.34. The molecule has 84 heavy (non-hydrogen) atoms. The van der Waals surface area contributed by atoms with E-state index in [1.54, 1.807) is 41.0 Å². The number of likely N-dealkylation sites (tertiary alicyclic amines) is 1. The lowest BCUT2D eigenvalue weighted by Crippen LogP contribution is -2.56. The van der Waals surface area contributed by atoms with Crippen LogP contribution >= 0.6 is 0 Å². The first-order valence-electron chi connectivity index (χ1n) is 28.6. The number of anilines is 1. The van der Waals surface area contributed by atoms with Gasteiger partial charge in [-0.1, -0.05) is 42.5 Å². The molecule has 2 aromatic carbocycles. The number of nitrogens with zero attached hydrogens (tertiary/aromatic N) is 6. The lowest BCUT2D eigenvalue weighted by atomic mass is 9.87. The maximum atomic E-state index is 13.6. The van der Waals surface area contributed by atoms with Gasteiger partial charge in [0, 0.05) is 56.1 Å². The molecule has 0 radical (unpaired) electrons. The van der Waals surface area contributed by atoms with Crippen LogP contribution in [0.25, 0.3) is 22.2 Å². The molecular formula is C57H82N8O19. The van der Waals surface area contributed by atoms with Crippen LogP contribution in [-0.2, 0) is 87.4 Å². The summed E-state index contributed by atoms with van der Waals surface area (Å²) in [6, 6.07) is 16.1. The van der Waals surface area contributed by atoms with Gasteiger partial charge in [-0.3, -0.25) is 19.2 Å². The van der Waals surface area contributed by atoms with Gasteiger partial charge in [0.25, 0.3) is 23.6 Å². The second kappa shape index (κ2) is 38.6. The average molecular weight is 1180 g/mol. The Labute approximate surface area is 488 Å². The Bertz CT molecular complexity index is 2560. The molecule has 3 aliphatic rings. The number of rotatable bonds is 42. The van der Waals surface area contributed by atoms with Gasteiger partial charge >= 0.3 is 12.0 Å². The molecule has 3 saturated heterocycles. The SMILES string of the molecule is CCCOCCOCCOCCn1cc(-c2cccc3[nH]c(C(=O)N4CCC5(CC4)NC(=O)N(c4ccccc4)C5=O)cc23)nn1.COCCOCCOCCOCCOCCOCCOCCOCCOCCC(=O)ON1C(=O)CCC1=O. The van der Waals surface area contributed by atoms with Crippen LogP contribution in [0.5, 0.6) is 0 Å². The van der Waals surface area contributed by atoms with Crippen molar-refractivity contribution in [2.24, 2.45) is 0 Å². The van der Waals surface area contributed by atoms with Gasteiger partial charge in [-0.05, 0) is 43.5 Å². The highest BCUT2D eigenvalue weighted by Gasteiger charge is 2.53. The fourth-order valence-corrected chi connectivity index (χ4v) is 8.65. The van der Waals surface area contributed by atoms with Crippen LogP contribution in [0.1, 0.15) is 55.9 Å². The number of hydroxylamine groups is 2. The maximum absolute atomic E-state index is 13.6. The molecule has 3 fully saturated rings. The number of nitrogens with one attached hydrogen (secondary N) is 2. The van der Waals surface area contributed by atoms with E-state index in [2.05, 4.69) is 27.5 Å². The molecule has 464 valence electrons. The molecule has 0 unspecified atom stereocenters. The van der Waals surface area contributed by atoms with Crippen molar-refractivity contribution in [1.29, 1.82) is 0 Å². The Morgan fingerprint density at radius 3 is 1.62 bits per heavy atom. The fraction of sp³-hybridized carbons (Fsp3) is 0.614. The third kappa shape index (κ3) is 22.6. The summed E-state index contributed by atoms with van der Waals surface area (Å²) in [6.07, 6.45) is 3.60. The van der Waals surface area contributed by atoms with Gasteiger partial charge in [0.05, 0.1) is 170 Å². The van der Waals surface area contributed by atoms with Crippen molar-refractivity contribution < 1.29 is 90.4 Å². The minimum atomic E-state index is -1.01. The molecule has 27 heteroatoms. The quantitative estimate of drug-likeness (QED) is 0.0365. The summed E-state index contributed by atoms with van der Waals surface area (Å²) in [5.74, 6) is -2.14. The summed E-state index contributed by atoms with van der Waals surface area (Å²) in [5, 5.41) is 12.9. The number of carbonyl (C=O) groups excluding carboxylic acids is 6. The Morgan fingerprint density at radius 2 is 1.10 bits per heavy atom. The number of H-pyrrole nitrogens is 1. The number of para-hydroxylation sites is 1. The Kier molecular flexibility index (Phi) is 30.7. The first kappa shape index (κ1) is 66.8. The smallest absolute Gasteiger partial charge is 0.335 e. The number of carbonyl (C=O) groups is 6. The minimum Gasteiger partial charge on any atom is -0.382 e. The highest BCUT2D eigenvalue weighted by atomic mass is 16.7. The Morgan fingerprint density at radius 1 is 0.595 bits per heavy atom. The molecule has 0 atom stereocenters. The van der Waals surface area contributed by atoms with Gasteiger partial charge in [0.1, 0.15) is 16.9 Å². The molecule has 0 saturated carbocycles. The molecule has 0 bridgehead atoms. The van der Waals surface area contributed by atoms with E-state index in [4.69, 9.17) is 61.7 Å². The van der Waals surface area contributed by atoms with E-state index in [1.807, 2.05) is 36.5 Å². The Hall–Kier alpha value is -6.34. The van der Waals surface area contributed by atoms with E-state index in [0.29, 0.717) is 193 Å². The third-order valence-electron chi connectivity index (χ3n) is 13.0. The first-order chi connectivity index (χ1) is 41.1. The summed E-state index contributed by atoms with van der Waals surface area (Å²) < 4.78 is 66.1.